The monoisotopic (exact) mass is 299 g/mol. The first-order valence-corrected chi connectivity index (χ1v) is 6.86. The lowest BCUT2D eigenvalue weighted by atomic mass is 10.1. The fourth-order valence-corrected chi connectivity index (χ4v) is 2.39. The molecule has 106 valence electrons. The molecule has 2 N–H and O–H groups in total. The average molecular weight is 300 g/mol. The van der Waals surface area contributed by atoms with Gasteiger partial charge in [-0.2, -0.15) is 4.68 Å². The number of benzene rings is 2. The van der Waals surface area contributed by atoms with Crippen LogP contribution < -0.4 is 5.73 Å². The summed E-state index contributed by atoms with van der Waals surface area (Å²) < 4.78 is 1.68. The number of rotatable bonds is 2. The van der Waals surface area contributed by atoms with E-state index in [4.69, 9.17) is 17.3 Å². The Bertz CT molecular complexity index is 793. The van der Waals surface area contributed by atoms with Gasteiger partial charge in [0.25, 0.3) is 0 Å². The molecule has 0 radical (unpaired) electrons. The zero-order valence-electron chi connectivity index (χ0n) is 11.7. The van der Waals surface area contributed by atoms with Gasteiger partial charge in [0.05, 0.1) is 5.69 Å². The van der Waals surface area contributed by atoms with Gasteiger partial charge in [0.1, 0.15) is 0 Å². The minimum Gasteiger partial charge on any atom is -0.398 e. The van der Waals surface area contributed by atoms with E-state index in [1.54, 1.807) is 4.68 Å². The molecule has 2 aromatic carbocycles. The number of hydrogen-bond acceptors (Lipinski definition) is 4. The molecule has 0 aliphatic heterocycles. The number of tetrazole rings is 1. The maximum Gasteiger partial charge on any atom is 0.187 e. The van der Waals surface area contributed by atoms with Crippen molar-refractivity contribution in [2.45, 2.75) is 13.8 Å². The predicted octanol–water partition coefficient (Wildman–Crippen LogP) is 3.18. The van der Waals surface area contributed by atoms with E-state index in [0.717, 1.165) is 22.4 Å². The van der Waals surface area contributed by atoms with Gasteiger partial charge in [0.2, 0.25) is 0 Å². The molecule has 0 aliphatic rings. The van der Waals surface area contributed by atoms with E-state index in [9.17, 15) is 0 Å². The highest BCUT2D eigenvalue weighted by molar-refractivity contribution is 6.30. The van der Waals surface area contributed by atoms with Gasteiger partial charge in [-0.3, -0.25) is 0 Å². The summed E-state index contributed by atoms with van der Waals surface area (Å²) in [6.45, 7) is 3.94. The number of nitrogens with zero attached hydrogens (tertiary/aromatic N) is 4. The summed E-state index contributed by atoms with van der Waals surface area (Å²) in [6, 6.07) is 11.3. The number of aromatic nitrogens is 4. The van der Waals surface area contributed by atoms with Crippen LogP contribution in [0.3, 0.4) is 0 Å². The van der Waals surface area contributed by atoms with Crippen LogP contribution in [0.1, 0.15) is 11.1 Å². The van der Waals surface area contributed by atoms with Gasteiger partial charge in [-0.15, -0.1) is 5.10 Å². The van der Waals surface area contributed by atoms with Gasteiger partial charge in [-0.1, -0.05) is 29.8 Å². The van der Waals surface area contributed by atoms with E-state index in [1.807, 2.05) is 50.2 Å². The summed E-state index contributed by atoms with van der Waals surface area (Å²) in [6.07, 6.45) is 0. The van der Waals surface area contributed by atoms with Crippen molar-refractivity contribution in [1.82, 2.24) is 20.2 Å². The molecule has 0 bridgehead atoms. The SMILES string of the molecule is Cc1ccc(Cl)cc1-n1nnnc1-c1cccc(N)c1C. The van der Waals surface area contributed by atoms with Crippen LogP contribution in [0.5, 0.6) is 0 Å². The number of aryl methyl sites for hydroxylation is 1. The Morgan fingerprint density at radius 1 is 1.14 bits per heavy atom. The largest absolute Gasteiger partial charge is 0.398 e. The highest BCUT2D eigenvalue weighted by atomic mass is 35.5. The normalized spacial score (nSPS) is 10.8. The number of hydrogen-bond donors (Lipinski definition) is 1. The first-order chi connectivity index (χ1) is 10.1. The second-order valence-electron chi connectivity index (χ2n) is 4.86. The number of nitrogen functional groups attached to an aromatic ring is 1. The topological polar surface area (TPSA) is 69.6 Å². The minimum absolute atomic E-state index is 0.640. The summed E-state index contributed by atoms with van der Waals surface area (Å²) in [7, 11) is 0. The Morgan fingerprint density at radius 3 is 2.76 bits per heavy atom. The Labute approximate surface area is 127 Å². The Morgan fingerprint density at radius 2 is 1.95 bits per heavy atom. The Kier molecular flexibility index (Phi) is 3.35. The van der Waals surface area contributed by atoms with Crippen LogP contribution in [0.4, 0.5) is 5.69 Å². The zero-order valence-corrected chi connectivity index (χ0v) is 12.5. The van der Waals surface area contributed by atoms with Crippen molar-refractivity contribution in [2.75, 3.05) is 5.73 Å². The Hall–Kier alpha value is -2.40. The molecule has 0 amide bonds. The van der Waals surface area contributed by atoms with Crippen molar-refractivity contribution >= 4 is 17.3 Å². The van der Waals surface area contributed by atoms with Crippen molar-refractivity contribution in [2.24, 2.45) is 0 Å². The number of anilines is 1. The molecule has 6 heteroatoms. The van der Waals surface area contributed by atoms with Crippen molar-refractivity contribution in [1.29, 1.82) is 0 Å². The molecule has 21 heavy (non-hydrogen) atoms. The summed E-state index contributed by atoms with van der Waals surface area (Å²) in [4.78, 5) is 0. The molecule has 1 aromatic heterocycles. The van der Waals surface area contributed by atoms with Gasteiger partial charge >= 0.3 is 0 Å². The molecule has 0 saturated carbocycles. The second-order valence-corrected chi connectivity index (χ2v) is 5.30. The van der Waals surface area contributed by atoms with E-state index in [0.29, 0.717) is 16.5 Å². The molecule has 0 unspecified atom stereocenters. The molecule has 5 nitrogen and oxygen atoms in total. The molecule has 0 spiro atoms. The maximum absolute atomic E-state index is 6.09. The average Bonchev–Trinajstić information content (AvgIpc) is 2.93. The van der Waals surface area contributed by atoms with E-state index >= 15 is 0 Å². The molecular formula is C15H14ClN5. The first kappa shape index (κ1) is 13.6. The molecule has 0 aliphatic carbocycles. The van der Waals surface area contributed by atoms with Gasteiger partial charge in [-0.05, 0) is 53.6 Å². The third-order valence-corrected chi connectivity index (χ3v) is 3.72. The molecule has 0 atom stereocenters. The maximum atomic E-state index is 6.09. The zero-order chi connectivity index (χ0) is 15.0. The van der Waals surface area contributed by atoms with Crippen molar-refractivity contribution < 1.29 is 0 Å². The molecule has 0 fully saturated rings. The fourth-order valence-electron chi connectivity index (χ4n) is 2.22. The van der Waals surface area contributed by atoms with Crippen LogP contribution in [0.25, 0.3) is 17.1 Å². The van der Waals surface area contributed by atoms with Crippen LogP contribution in [-0.4, -0.2) is 20.2 Å². The standard InChI is InChI=1S/C15H14ClN5/c1-9-6-7-11(16)8-14(9)21-15(18-19-20-21)12-4-3-5-13(17)10(12)2/h3-8H,17H2,1-2H3. The number of halogens is 1. The third-order valence-electron chi connectivity index (χ3n) is 3.49. The van der Waals surface area contributed by atoms with Crippen LogP contribution >= 0.6 is 11.6 Å². The summed E-state index contributed by atoms with van der Waals surface area (Å²) in [5, 5.41) is 12.7. The van der Waals surface area contributed by atoms with Crippen LogP contribution in [-0.2, 0) is 0 Å². The minimum atomic E-state index is 0.640. The number of nitrogens with two attached hydrogens (primary N) is 1. The molecule has 3 aromatic rings. The molecule has 0 saturated heterocycles. The van der Waals surface area contributed by atoms with Gasteiger partial charge in [0, 0.05) is 16.3 Å². The molecule has 1 heterocycles. The van der Waals surface area contributed by atoms with Crippen LogP contribution in [0, 0.1) is 13.8 Å². The van der Waals surface area contributed by atoms with Gasteiger partial charge in [0.15, 0.2) is 5.82 Å². The molecular weight excluding hydrogens is 286 g/mol. The fraction of sp³-hybridized carbons (Fsp3) is 0.133. The lowest BCUT2D eigenvalue weighted by Crippen LogP contribution is -2.03. The van der Waals surface area contributed by atoms with Crippen LogP contribution in [0.2, 0.25) is 5.02 Å². The lowest BCUT2D eigenvalue weighted by Gasteiger charge is -2.11. The third kappa shape index (κ3) is 2.36. The summed E-state index contributed by atoms with van der Waals surface area (Å²) >= 11 is 6.09. The quantitative estimate of drug-likeness (QED) is 0.738. The van der Waals surface area contributed by atoms with Crippen molar-refractivity contribution in [3.05, 3.63) is 52.5 Å². The summed E-state index contributed by atoms with van der Waals surface area (Å²) in [5.41, 5.74) is 10.4. The molecule has 3 rings (SSSR count). The highest BCUT2D eigenvalue weighted by Gasteiger charge is 2.15. The van der Waals surface area contributed by atoms with E-state index in [-0.39, 0.29) is 0 Å². The highest BCUT2D eigenvalue weighted by Crippen LogP contribution is 2.28. The second kappa shape index (κ2) is 5.18. The lowest BCUT2D eigenvalue weighted by molar-refractivity contribution is 0.787. The summed E-state index contributed by atoms with van der Waals surface area (Å²) in [5.74, 6) is 0.644. The van der Waals surface area contributed by atoms with Crippen LogP contribution in [0.15, 0.2) is 36.4 Å². The van der Waals surface area contributed by atoms with E-state index in [2.05, 4.69) is 15.5 Å². The van der Waals surface area contributed by atoms with E-state index in [1.165, 1.54) is 0 Å². The Balaban J connectivity index is 2.22. The smallest absolute Gasteiger partial charge is 0.187 e. The van der Waals surface area contributed by atoms with Crippen molar-refractivity contribution in [3.8, 4) is 17.1 Å². The first-order valence-electron chi connectivity index (χ1n) is 6.48. The van der Waals surface area contributed by atoms with E-state index < -0.39 is 0 Å². The van der Waals surface area contributed by atoms with Gasteiger partial charge in [-0.25, -0.2) is 0 Å². The van der Waals surface area contributed by atoms with Gasteiger partial charge < -0.3 is 5.73 Å². The van der Waals surface area contributed by atoms with Crippen molar-refractivity contribution in [3.63, 3.8) is 0 Å². The predicted molar refractivity (Wildman–Crippen MR) is 83.5 cm³/mol.